The Bertz CT molecular complexity index is 251. The van der Waals surface area contributed by atoms with Gasteiger partial charge in [-0.25, -0.2) is 4.79 Å². The second-order valence-electron chi connectivity index (χ2n) is 4.25. The Kier molecular flexibility index (Phi) is 4.32. The first-order chi connectivity index (χ1) is 7.00. The van der Waals surface area contributed by atoms with Crippen molar-refractivity contribution in [2.24, 2.45) is 5.73 Å². The van der Waals surface area contributed by atoms with E-state index in [1.54, 1.807) is 0 Å². The van der Waals surface area contributed by atoms with E-state index in [1.807, 2.05) is 18.7 Å². The molecule has 0 spiro atoms. The van der Waals surface area contributed by atoms with E-state index >= 15 is 0 Å². The quantitative estimate of drug-likeness (QED) is 0.697. The highest BCUT2D eigenvalue weighted by Crippen LogP contribution is 2.26. The van der Waals surface area contributed by atoms with Crippen molar-refractivity contribution in [3.05, 3.63) is 0 Å². The first kappa shape index (κ1) is 12.2. The van der Waals surface area contributed by atoms with Crippen LogP contribution in [0.1, 0.15) is 33.1 Å². The minimum absolute atomic E-state index is 0.00347. The Morgan fingerprint density at radius 1 is 1.60 bits per heavy atom. The lowest BCUT2D eigenvalue weighted by atomic mass is 10.3. The number of nitrogens with zero attached hydrogens (tertiary/aromatic N) is 1. The molecule has 0 bridgehead atoms. The molecule has 15 heavy (non-hydrogen) atoms. The van der Waals surface area contributed by atoms with Gasteiger partial charge in [-0.3, -0.25) is 0 Å². The number of hydrogen-bond donors (Lipinski definition) is 2. The van der Waals surface area contributed by atoms with Crippen LogP contribution >= 0.6 is 12.2 Å². The van der Waals surface area contributed by atoms with Gasteiger partial charge in [0.25, 0.3) is 0 Å². The van der Waals surface area contributed by atoms with Crippen molar-refractivity contribution in [1.29, 1.82) is 0 Å². The summed E-state index contributed by atoms with van der Waals surface area (Å²) < 4.78 is 0. The molecule has 0 radical (unpaired) electrons. The van der Waals surface area contributed by atoms with E-state index in [0.29, 0.717) is 24.0 Å². The van der Waals surface area contributed by atoms with E-state index in [0.717, 1.165) is 12.8 Å². The van der Waals surface area contributed by atoms with E-state index < -0.39 is 0 Å². The molecule has 0 atom stereocenters. The normalized spacial score (nSPS) is 15.1. The summed E-state index contributed by atoms with van der Waals surface area (Å²) >= 11 is 4.81. The van der Waals surface area contributed by atoms with Gasteiger partial charge in [0.1, 0.15) is 0 Å². The first-order valence-corrected chi connectivity index (χ1v) is 5.77. The molecule has 86 valence electrons. The molecule has 0 aromatic carbocycles. The van der Waals surface area contributed by atoms with Crippen LogP contribution in [0.25, 0.3) is 0 Å². The maximum Gasteiger partial charge on any atom is 0.317 e. The molecule has 0 heterocycles. The lowest BCUT2D eigenvalue weighted by Crippen LogP contribution is -2.45. The number of nitrogens with one attached hydrogen (secondary N) is 1. The Morgan fingerprint density at radius 3 is 2.60 bits per heavy atom. The van der Waals surface area contributed by atoms with Crippen molar-refractivity contribution in [3.63, 3.8) is 0 Å². The summed E-state index contributed by atoms with van der Waals surface area (Å²) in [5.74, 6) is 0. The van der Waals surface area contributed by atoms with Crippen LogP contribution in [-0.4, -0.2) is 34.5 Å². The third-order valence-corrected chi connectivity index (χ3v) is 2.46. The minimum atomic E-state index is 0.00347. The number of amides is 2. The highest BCUT2D eigenvalue weighted by atomic mass is 32.1. The van der Waals surface area contributed by atoms with E-state index in [1.165, 1.54) is 0 Å². The minimum Gasteiger partial charge on any atom is -0.393 e. The summed E-state index contributed by atoms with van der Waals surface area (Å²) in [6, 6.07) is 0.574. The molecule has 1 rings (SSSR count). The number of nitrogens with two attached hydrogens (primary N) is 1. The van der Waals surface area contributed by atoms with Crippen LogP contribution in [0.5, 0.6) is 0 Å². The van der Waals surface area contributed by atoms with Gasteiger partial charge in [-0.05, 0) is 26.7 Å². The van der Waals surface area contributed by atoms with Gasteiger partial charge in [-0.1, -0.05) is 12.2 Å². The fourth-order valence-electron chi connectivity index (χ4n) is 1.40. The number of thiocarbonyl (C=S) groups is 1. The van der Waals surface area contributed by atoms with Crippen molar-refractivity contribution in [1.82, 2.24) is 10.2 Å². The monoisotopic (exact) mass is 229 g/mol. The van der Waals surface area contributed by atoms with Gasteiger partial charge in [-0.15, -0.1) is 0 Å². The van der Waals surface area contributed by atoms with Crippen LogP contribution in [-0.2, 0) is 0 Å². The molecule has 3 N–H and O–H groups in total. The van der Waals surface area contributed by atoms with Gasteiger partial charge in [0.15, 0.2) is 0 Å². The predicted molar refractivity (Wildman–Crippen MR) is 64.8 cm³/mol. The van der Waals surface area contributed by atoms with Gasteiger partial charge >= 0.3 is 6.03 Å². The highest BCUT2D eigenvalue weighted by molar-refractivity contribution is 7.80. The van der Waals surface area contributed by atoms with E-state index in [9.17, 15) is 4.79 Å². The summed E-state index contributed by atoms with van der Waals surface area (Å²) in [7, 11) is 0. The van der Waals surface area contributed by atoms with Crippen molar-refractivity contribution < 1.29 is 4.79 Å². The molecular formula is C10H19N3OS. The molecule has 0 unspecified atom stereocenters. The van der Waals surface area contributed by atoms with Crippen molar-refractivity contribution in [2.45, 2.75) is 45.2 Å². The second kappa shape index (κ2) is 5.30. The average Bonchev–Trinajstić information content (AvgIpc) is 2.86. The molecule has 5 heteroatoms. The zero-order valence-electron chi connectivity index (χ0n) is 9.32. The number of rotatable bonds is 5. The van der Waals surface area contributed by atoms with Crippen LogP contribution in [0.4, 0.5) is 4.79 Å². The standard InChI is InChI=1S/C10H19N3OS/c1-7(2)12-10(14)13(8-3-4-8)6-5-9(11)15/h7-8H,3-6H2,1-2H3,(H2,11,15)(H,12,14). The lowest BCUT2D eigenvalue weighted by molar-refractivity contribution is 0.194. The maximum absolute atomic E-state index is 11.8. The molecule has 1 saturated carbocycles. The molecule has 1 aliphatic rings. The number of hydrogen-bond acceptors (Lipinski definition) is 2. The van der Waals surface area contributed by atoms with Gasteiger partial charge in [0.05, 0.1) is 4.99 Å². The molecule has 2 amide bonds. The zero-order chi connectivity index (χ0) is 11.4. The van der Waals surface area contributed by atoms with Crippen molar-refractivity contribution >= 4 is 23.2 Å². The Morgan fingerprint density at radius 2 is 2.20 bits per heavy atom. The van der Waals surface area contributed by atoms with E-state index in [-0.39, 0.29) is 12.1 Å². The van der Waals surface area contributed by atoms with Gasteiger partial charge < -0.3 is 16.0 Å². The Labute approximate surface area is 96.2 Å². The lowest BCUT2D eigenvalue weighted by Gasteiger charge is -2.23. The van der Waals surface area contributed by atoms with Crippen LogP contribution in [0.15, 0.2) is 0 Å². The topological polar surface area (TPSA) is 58.4 Å². The Balaban J connectivity index is 2.42. The molecule has 4 nitrogen and oxygen atoms in total. The first-order valence-electron chi connectivity index (χ1n) is 5.36. The van der Waals surface area contributed by atoms with Crippen LogP contribution in [0.2, 0.25) is 0 Å². The maximum atomic E-state index is 11.8. The molecule has 0 aliphatic heterocycles. The van der Waals surface area contributed by atoms with Crippen molar-refractivity contribution in [2.75, 3.05) is 6.54 Å². The van der Waals surface area contributed by atoms with E-state index in [2.05, 4.69) is 5.32 Å². The number of carbonyl (C=O) groups is 1. The van der Waals surface area contributed by atoms with Crippen LogP contribution in [0.3, 0.4) is 0 Å². The highest BCUT2D eigenvalue weighted by Gasteiger charge is 2.32. The summed E-state index contributed by atoms with van der Waals surface area (Å²) in [4.78, 5) is 14.1. The average molecular weight is 229 g/mol. The smallest absolute Gasteiger partial charge is 0.317 e. The number of urea groups is 1. The second-order valence-corrected chi connectivity index (χ2v) is 4.77. The summed E-state index contributed by atoms with van der Waals surface area (Å²) in [6.07, 6.45) is 2.81. The molecule has 1 fully saturated rings. The van der Waals surface area contributed by atoms with Crippen molar-refractivity contribution in [3.8, 4) is 0 Å². The van der Waals surface area contributed by atoms with Crippen LogP contribution in [0, 0.1) is 0 Å². The molecular weight excluding hydrogens is 210 g/mol. The summed E-state index contributed by atoms with van der Waals surface area (Å²) in [5, 5.41) is 2.89. The zero-order valence-corrected chi connectivity index (χ0v) is 10.1. The Hall–Kier alpha value is -0.840. The van der Waals surface area contributed by atoms with Gasteiger partial charge in [-0.2, -0.15) is 0 Å². The summed E-state index contributed by atoms with van der Waals surface area (Å²) in [6.45, 7) is 4.55. The van der Waals surface area contributed by atoms with Crippen LogP contribution < -0.4 is 11.1 Å². The summed E-state index contributed by atoms with van der Waals surface area (Å²) in [5.41, 5.74) is 5.44. The molecule has 0 aromatic rings. The fraction of sp³-hybridized carbons (Fsp3) is 0.800. The van der Waals surface area contributed by atoms with Gasteiger partial charge in [0.2, 0.25) is 0 Å². The largest absolute Gasteiger partial charge is 0.393 e. The fourth-order valence-corrected chi connectivity index (χ4v) is 1.49. The van der Waals surface area contributed by atoms with Gasteiger partial charge in [0, 0.05) is 25.0 Å². The molecule has 1 aliphatic carbocycles. The number of carbonyl (C=O) groups excluding carboxylic acids is 1. The third kappa shape index (κ3) is 4.46. The molecule has 0 aromatic heterocycles. The molecule has 0 saturated heterocycles. The SMILES string of the molecule is CC(C)NC(=O)N(CCC(N)=S)C1CC1. The third-order valence-electron chi connectivity index (χ3n) is 2.26. The predicted octanol–water partition coefficient (Wildman–Crippen LogP) is 1.25. The van der Waals surface area contributed by atoms with E-state index in [4.69, 9.17) is 18.0 Å².